The Morgan fingerprint density at radius 1 is 1.45 bits per heavy atom. The lowest BCUT2D eigenvalue weighted by molar-refractivity contribution is -0.149. The highest BCUT2D eigenvalue weighted by atomic mass is 19.3. The lowest BCUT2D eigenvalue weighted by Gasteiger charge is -2.03. The predicted molar refractivity (Wildman–Crippen MR) is 32.1 cm³/mol. The van der Waals surface area contributed by atoms with Gasteiger partial charge in [0, 0.05) is 6.42 Å². The van der Waals surface area contributed by atoms with Gasteiger partial charge in [0.15, 0.2) is 6.17 Å². The second-order valence-corrected chi connectivity index (χ2v) is 1.96. The van der Waals surface area contributed by atoms with Crippen LogP contribution in [0.1, 0.15) is 13.3 Å². The second-order valence-electron chi connectivity index (χ2n) is 1.96. The highest BCUT2D eigenvalue weighted by Crippen LogP contribution is 2.00. The van der Waals surface area contributed by atoms with E-state index in [0.717, 1.165) is 6.92 Å². The van der Waals surface area contributed by atoms with Crippen molar-refractivity contribution in [3.63, 3.8) is 0 Å². The van der Waals surface area contributed by atoms with E-state index in [-0.39, 0.29) is 0 Å². The van der Waals surface area contributed by atoms with E-state index in [1.54, 1.807) is 0 Å². The Bertz CT molecular complexity index is 125. The van der Waals surface area contributed by atoms with Crippen molar-refractivity contribution in [3.05, 3.63) is 0 Å². The molecule has 1 atom stereocenters. The molecule has 0 rings (SSSR count). The molecule has 0 aliphatic rings. The predicted octanol–water partition coefficient (Wildman–Crippen LogP) is 1.54. The maximum absolute atomic E-state index is 12.0. The van der Waals surface area contributed by atoms with Gasteiger partial charge >= 0.3 is 5.97 Å². The van der Waals surface area contributed by atoms with E-state index < -0.39 is 31.6 Å². The molecule has 0 aliphatic heterocycles. The number of hydrogen-bond donors (Lipinski definition) is 0. The molecule has 0 amide bonds. The minimum absolute atomic E-state index is 0.426. The van der Waals surface area contributed by atoms with Crippen molar-refractivity contribution in [2.45, 2.75) is 25.9 Å². The van der Waals surface area contributed by atoms with Crippen LogP contribution in [0, 0.1) is 0 Å². The zero-order valence-corrected chi connectivity index (χ0v) is 6.02. The Morgan fingerprint density at radius 2 is 2.00 bits per heavy atom. The third kappa shape index (κ3) is 5.69. The lowest BCUT2D eigenvalue weighted by atomic mass is 10.4. The summed E-state index contributed by atoms with van der Waals surface area (Å²) in [5.41, 5.74) is 0. The van der Waals surface area contributed by atoms with Crippen molar-refractivity contribution in [1.82, 2.24) is 0 Å². The molecular formula is C6H9F3O2. The smallest absolute Gasteiger partial charge is 0.340 e. The normalized spacial score (nSPS) is 13.2. The molecule has 0 aromatic heterocycles. The number of hydrogen-bond acceptors (Lipinski definition) is 2. The maximum Gasteiger partial charge on any atom is 0.340 e. The van der Waals surface area contributed by atoms with Crippen LogP contribution in [0.2, 0.25) is 0 Å². The van der Waals surface area contributed by atoms with Crippen LogP contribution in [0.3, 0.4) is 0 Å². The number of ether oxygens (including phenoxy) is 1. The van der Waals surface area contributed by atoms with E-state index >= 15 is 0 Å². The molecule has 2 nitrogen and oxygen atoms in total. The average Bonchev–Trinajstić information content (AvgIpc) is 1.86. The molecule has 0 aliphatic carbocycles. The van der Waals surface area contributed by atoms with Crippen molar-refractivity contribution in [2.75, 3.05) is 6.61 Å². The molecule has 5 heteroatoms. The fourth-order valence-electron chi connectivity index (χ4n) is 0.363. The number of rotatable bonds is 4. The van der Waals surface area contributed by atoms with Gasteiger partial charge in [-0.2, -0.15) is 0 Å². The van der Waals surface area contributed by atoms with Gasteiger partial charge in [0.1, 0.15) is 0 Å². The molecule has 66 valence electrons. The quantitative estimate of drug-likeness (QED) is 0.598. The first-order chi connectivity index (χ1) is 5.04. The van der Waals surface area contributed by atoms with Crippen molar-refractivity contribution < 1.29 is 22.7 Å². The van der Waals surface area contributed by atoms with Gasteiger partial charge in [-0.15, -0.1) is 0 Å². The first-order valence-electron chi connectivity index (χ1n) is 3.13. The van der Waals surface area contributed by atoms with Crippen LogP contribution < -0.4 is 0 Å². The molecule has 11 heavy (non-hydrogen) atoms. The van der Waals surface area contributed by atoms with Crippen LogP contribution in [0.5, 0.6) is 0 Å². The number of carbonyl (C=O) groups excluding carboxylic acids is 1. The van der Waals surface area contributed by atoms with Gasteiger partial charge in [-0.1, -0.05) is 0 Å². The largest absolute Gasteiger partial charge is 0.463 e. The third-order valence-electron chi connectivity index (χ3n) is 0.905. The molecule has 0 heterocycles. The average molecular weight is 170 g/mol. The Labute approximate surface area is 62.3 Å². The van der Waals surface area contributed by atoms with E-state index in [9.17, 15) is 18.0 Å². The fraction of sp³-hybridized carbons (Fsp3) is 0.833. The summed E-state index contributed by atoms with van der Waals surface area (Å²) in [5.74, 6) is -1.09. The fourth-order valence-corrected chi connectivity index (χ4v) is 0.363. The van der Waals surface area contributed by atoms with Gasteiger partial charge in [-0.25, -0.2) is 18.0 Å². The van der Waals surface area contributed by atoms with Crippen LogP contribution in [0.4, 0.5) is 13.2 Å². The summed E-state index contributed by atoms with van der Waals surface area (Å²) >= 11 is 0. The summed E-state index contributed by atoms with van der Waals surface area (Å²) < 4.78 is 38.9. The highest BCUT2D eigenvalue weighted by Gasteiger charge is 2.12. The number of esters is 1. The standard InChI is InChI=1S/C6H9F3O2/c1-4(7)6(10)11-3-2-5(8)9/h4-5H,2-3H2,1H3. The van der Waals surface area contributed by atoms with Gasteiger partial charge in [-0.3, -0.25) is 0 Å². The van der Waals surface area contributed by atoms with E-state index in [1.807, 2.05) is 0 Å². The molecular weight excluding hydrogens is 161 g/mol. The number of halogens is 3. The SMILES string of the molecule is CC(F)C(=O)OCCC(F)F. The van der Waals surface area contributed by atoms with E-state index in [2.05, 4.69) is 4.74 Å². The summed E-state index contributed by atoms with van der Waals surface area (Å²) in [5, 5.41) is 0. The molecule has 0 saturated heterocycles. The number of alkyl halides is 3. The molecule has 0 N–H and O–H groups in total. The van der Waals surface area contributed by atoms with Gasteiger partial charge in [0.2, 0.25) is 6.43 Å². The summed E-state index contributed by atoms with van der Waals surface area (Å²) in [6.07, 6.45) is -4.80. The summed E-state index contributed by atoms with van der Waals surface area (Å²) in [6.45, 7) is 0.565. The Kier molecular flexibility index (Phi) is 4.65. The van der Waals surface area contributed by atoms with Crippen molar-refractivity contribution >= 4 is 5.97 Å². The molecule has 0 bridgehead atoms. The molecule has 0 aromatic carbocycles. The van der Waals surface area contributed by atoms with Crippen LogP contribution in [0.25, 0.3) is 0 Å². The van der Waals surface area contributed by atoms with Gasteiger partial charge in [0.05, 0.1) is 6.61 Å². The van der Waals surface area contributed by atoms with Crippen molar-refractivity contribution in [3.8, 4) is 0 Å². The zero-order valence-electron chi connectivity index (χ0n) is 6.02. The van der Waals surface area contributed by atoms with Crippen LogP contribution in [-0.2, 0) is 9.53 Å². The summed E-state index contributed by atoms with van der Waals surface area (Å²) in [7, 11) is 0. The third-order valence-corrected chi connectivity index (χ3v) is 0.905. The minimum atomic E-state index is -2.52. The van der Waals surface area contributed by atoms with Gasteiger partial charge in [-0.05, 0) is 6.92 Å². The first kappa shape index (κ1) is 10.3. The second kappa shape index (κ2) is 4.98. The van der Waals surface area contributed by atoms with E-state index in [4.69, 9.17) is 0 Å². The lowest BCUT2D eigenvalue weighted by Crippen LogP contribution is -2.16. The van der Waals surface area contributed by atoms with Crippen molar-refractivity contribution in [1.29, 1.82) is 0 Å². The van der Waals surface area contributed by atoms with E-state index in [1.165, 1.54) is 0 Å². The van der Waals surface area contributed by atoms with Crippen LogP contribution >= 0.6 is 0 Å². The number of carbonyl (C=O) groups is 1. The summed E-state index contributed by atoms with van der Waals surface area (Å²) in [4.78, 5) is 10.3. The first-order valence-corrected chi connectivity index (χ1v) is 3.13. The molecule has 0 aromatic rings. The molecule has 0 fully saturated rings. The molecule has 0 spiro atoms. The highest BCUT2D eigenvalue weighted by molar-refractivity contribution is 5.73. The van der Waals surface area contributed by atoms with Crippen LogP contribution in [0.15, 0.2) is 0 Å². The van der Waals surface area contributed by atoms with E-state index in [0.29, 0.717) is 0 Å². The maximum atomic E-state index is 12.0. The topological polar surface area (TPSA) is 26.3 Å². The minimum Gasteiger partial charge on any atom is -0.463 e. The Morgan fingerprint density at radius 3 is 2.36 bits per heavy atom. The molecule has 0 saturated carbocycles. The van der Waals surface area contributed by atoms with Crippen molar-refractivity contribution in [2.24, 2.45) is 0 Å². The van der Waals surface area contributed by atoms with Gasteiger partial charge < -0.3 is 4.74 Å². The summed E-state index contributed by atoms with van der Waals surface area (Å²) in [6, 6.07) is 0. The monoisotopic (exact) mass is 170 g/mol. The molecule has 1 unspecified atom stereocenters. The van der Waals surface area contributed by atoms with Gasteiger partial charge in [0.25, 0.3) is 0 Å². The Balaban J connectivity index is 3.32. The Hall–Kier alpha value is -0.740. The molecule has 0 radical (unpaired) electrons. The zero-order chi connectivity index (χ0) is 8.85. The van der Waals surface area contributed by atoms with Crippen LogP contribution in [-0.4, -0.2) is 25.2 Å².